The monoisotopic (exact) mass is 508 g/mol. The van der Waals surface area contributed by atoms with Crippen LogP contribution in [0.5, 0.6) is 5.75 Å². The molecule has 2 fully saturated rings. The quantitative estimate of drug-likeness (QED) is 0.525. The minimum Gasteiger partial charge on any atom is -0.497 e. The fourth-order valence-corrected chi connectivity index (χ4v) is 6.54. The highest BCUT2D eigenvalue weighted by Gasteiger charge is 2.28. The molecule has 0 radical (unpaired) electrons. The number of hydrogen-bond donors (Lipinski definition) is 1. The van der Waals surface area contributed by atoms with Crippen LogP contribution in [0, 0.1) is 5.92 Å². The van der Waals surface area contributed by atoms with Gasteiger partial charge in [-0.25, -0.2) is 13.4 Å². The minimum absolute atomic E-state index is 0.0491. The highest BCUT2D eigenvalue weighted by Crippen LogP contribution is 2.27. The Bertz CT molecular complexity index is 1340. The van der Waals surface area contributed by atoms with Crippen LogP contribution in [0.1, 0.15) is 31.2 Å². The molecule has 8 nitrogen and oxygen atoms in total. The molecule has 0 unspecified atom stereocenters. The largest absolute Gasteiger partial charge is 0.497 e. The SMILES string of the molecule is COc1ccc(CNC(=O)[C@@H]2CCCN(c3ccc4cc(S(=O)(=O)N5CCCC5)ccc4n3)C2)cc1. The highest BCUT2D eigenvalue weighted by molar-refractivity contribution is 7.89. The van der Waals surface area contributed by atoms with Gasteiger partial charge in [0.15, 0.2) is 0 Å². The molecule has 1 atom stereocenters. The van der Waals surface area contributed by atoms with Gasteiger partial charge in [0.2, 0.25) is 15.9 Å². The Morgan fingerprint density at radius 3 is 2.56 bits per heavy atom. The fraction of sp³-hybridized carbons (Fsp3) is 0.407. The molecule has 2 saturated heterocycles. The lowest BCUT2D eigenvalue weighted by atomic mass is 9.97. The van der Waals surface area contributed by atoms with Crippen LogP contribution in [0.15, 0.2) is 59.5 Å². The number of amides is 1. The predicted octanol–water partition coefficient (Wildman–Crippen LogP) is 3.56. The lowest BCUT2D eigenvalue weighted by Gasteiger charge is -2.33. The summed E-state index contributed by atoms with van der Waals surface area (Å²) in [7, 11) is -1.83. The molecule has 2 aliphatic rings. The Balaban J connectivity index is 1.25. The fourth-order valence-electron chi connectivity index (χ4n) is 4.98. The van der Waals surface area contributed by atoms with Crippen LogP contribution in [0.25, 0.3) is 10.9 Å². The Morgan fingerprint density at radius 2 is 1.81 bits per heavy atom. The smallest absolute Gasteiger partial charge is 0.243 e. The molecule has 0 aliphatic carbocycles. The number of aromatic nitrogens is 1. The number of pyridine rings is 1. The summed E-state index contributed by atoms with van der Waals surface area (Å²) in [6.07, 6.45) is 3.58. The molecule has 2 aliphatic heterocycles. The molecule has 9 heteroatoms. The Labute approximate surface area is 212 Å². The summed E-state index contributed by atoms with van der Waals surface area (Å²) in [4.78, 5) is 20.1. The molecule has 190 valence electrons. The zero-order chi connectivity index (χ0) is 25.1. The van der Waals surface area contributed by atoms with Gasteiger partial charge in [0.05, 0.1) is 23.4 Å². The number of nitrogens with zero attached hydrogens (tertiary/aromatic N) is 3. The maximum atomic E-state index is 12.9. The number of carbonyl (C=O) groups is 1. The first-order valence-electron chi connectivity index (χ1n) is 12.5. The van der Waals surface area contributed by atoms with Gasteiger partial charge in [-0.3, -0.25) is 4.79 Å². The number of anilines is 1. The van der Waals surface area contributed by atoms with Crippen molar-refractivity contribution in [2.75, 3.05) is 38.2 Å². The van der Waals surface area contributed by atoms with Gasteiger partial charge in [-0.05, 0) is 73.7 Å². The first-order valence-corrected chi connectivity index (χ1v) is 13.9. The molecular weight excluding hydrogens is 476 g/mol. The Hall–Kier alpha value is -3.17. The van der Waals surface area contributed by atoms with Crippen molar-refractivity contribution < 1.29 is 17.9 Å². The lowest BCUT2D eigenvalue weighted by molar-refractivity contribution is -0.125. The van der Waals surface area contributed by atoms with Crippen molar-refractivity contribution in [3.05, 3.63) is 60.2 Å². The summed E-state index contributed by atoms with van der Waals surface area (Å²) in [5.74, 6) is 1.54. The number of ether oxygens (including phenoxy) is 1. The summed E-state index contributed by atoms with van der Waals surface area (Å²) < 4.78 is 32.6. The second kappa shape index (κ2) is 10.4. The van der Waals surface area contributed by atoms with Gasteiger partial charge >= 0.3 is 0 Å². The average molecular weight is 509 g/mol. The maximum Gasteiger partial charge on any atom is 0.243 e. The molecular formula is C27H32N4O4S. The maximum absolute atomic E-state index is 12.9. The van der Waals surface area contributed by atoms with Gasteiger partial charge in [-0.2, -0.15) is 4.31 Å². The molecule has 1 amide bonds. The van der Waals surface area contributed by atoms with Crippen molar-refractivity contribution >= 4 is 32.7 Å². The third-order valence-electron chi connectivity index (χ3n) is 7.09. The molecule has 3 aromatic rings. The van der Waals surface area contributed by atoms with Crippen molar-refractivity contribution in [1.82, 2.24) is 14.6 Å². The van der Waals surface area contributed by atoms with E-state index in [0.29, 0.717) is 31.1 Å². The van der Waals surface area contributed by atoms with Crippen molar-refractivity contribution in [3.63, 3.8) is 0 Å². The molecule has 3 heterocycles. The predicted molar refractivity (Wildman–Crippen MR) is 140 cm³/mol. The van der Waals surface area contributed by atoms with E-state index < -0.39 is 10.0 Å². The van der Waals surface area contributed by atoms with E-state index in [-0.39, 0.29) is 11.8 Å². The second-order valence-corrected chi connectivity index (χ2v) is 11.4. The van der Waals surface area contributed by atoms with Crippen LogP contribution in [-0.2, 0) is 21.4 Å². The van der Waals surface area contributed by atoms with Crippen LogP contribution in [-0.4, -0.2) is 56.9 Å². The molecule has 0 saturated carbocycles. The number of rotatable bonds is 7. The van der Waals surface area contributed by atoms with Gasteiger partial charge in [-0.15, -0.1) is 0 Å². The zero-order valence-electron chi connectivity index (χ0n) is 20.5. The van der Waals surface area contributed by atoms with Gasteiger partial charge in [0, 0.05) is 38.1 Å². The van der Waals surface area contributed by atoms with Crippen LogP contribution in [0.3, 0.4) is 0 Å². The van der Waals surface area contributed by atoms with Gasteiger partial charge in [0.25, 0.3) is 0 Å². The van der Waals surface area contributed by atoms with Gasteiger partial charge in [0.1, 0.15) is 11.6 Å². The lowest BCUT2D eigenvalue weighted by Crippen LogP contribution is -2.43. The van der Waals surface area contributed by atoms with Crippen LogP contribution in [0.4, 0.5) is 5.82 Å². The number of fused-ring (bicyclic) bond motifs is 1. The number of benzene rings is 2. The normalized spacial score (nSPS) is 18.9. The Morgan fingerprint density at radius 1 is 1.03 bits per heavy atom. The van der Waals surface area contributed by atoms with Gasteiger partial charge < -0.3 is 15.0 Å². The summed E-state index contributed by atoms with van der Waals surface area (Å²) >= 11 is 0. The van der Waals surface area contributed by atoms with E-state index in [9.17, 15) is 13.2 Å². The number of sulfonamides is 1. The number of hydrogen-bond acceptors (Lipinski definition) is 6. The minimum atomic E-state index is -3.46. The summed E-state index contributed by atoms with van der Waals surface area (Å²) in [5.41, 5.74) is 1.78. The molecule has 0 spiro atoms. The number of methoxy groups -OCH3 is 1. The Kier molecular flexibility index (Phi) is 7.11. The van der Waals surface area contributed by atoms with E-state index in [1.807, 2.05) is 36.4 Å². The van der Waals surface area contributed by atoms with Crippen LogP contribution >= 0.6 is 0 Å². The molecule has 5 rings (SSSR count). The number of nitrogens with one attached hydrogen (secondary N) is 1. The van der Waals surface area contributed by atoms with Crippen LogP contribution < -0.4 is 15.0 Å². The average Bonchev–Trinajstić information content (AvgIpc) is 3.48. The third-order valence-corrected chi connectivity index (χ3v) is 8.99. The second-order valence-electron chi connectivity index (χ2n) is 9.49. The highest BCUT2D eigenvalue weighted by atomic mass is 32.2. The van der Waals surface area contributed by atoms with E-state index in [2.05, 4.69) is 10.2 Å². The molecule has 0 bridgehead atoms. The summed E-state index contributed by atoms with van der Waals surface area (Å²) in [6, 6.07) is 16.7. The van der Waals surface area contributed by atoms with E-state index in [0.717, 1.165) is 60.3 Å². The standard InChI is InChI=1S/C27H32N4O4S/c1-35-23-9-6-20(7-10-23)18-28-27(32)22-5-4-14-30(19-22)26-13-8-21-17-24(11-12-25(21)29-26)36(33,34)31-15-2-3-16-31/h6-13,17,22H,2-5,14-16,18-19H2,1H3,(H,28,32)/t22-/m1/s1. The van der Waals surface area contributed by atoms with Crippen molar-refractivity contribution in [3.8, 4) is 5.75 Å². The number of piperidine rings is 1. The first-order chi connectivity index (χ1) is 17.4. The molecule has 2 aromatic carbocycles. The zero-order valence-corrected chi connectivity index (χ0v) is 21.3. The summed E-state index contributed by atoms with van der Waals surface area (Å²) in [6.45, 7) is 3.09. The third kappa shape index (κ3) is 5.17. The van der Waals surface area contributed by atoms with E-state index >= 15 is 0 Å². The topological polar surface area (TPSA) is 91.8 Å². The number of carbonyl (C=O) groups excluding carboxylic acids is 1. The van der Waals surface area contributed by atoms with E-state index in [4.69, 9.17) is 9.72 Å². The van der Waals surface area contributed by atoms with Crippen molar-refractivity contribution in [2.45, 2.75) is 37.1 Å². The molecule has 1 N–H and O–H groups in total. The molecule has 1 aromatic heterocycles. The summed E-state index contributed by atoms with van der Waals surface area (Å²) in [5, 5.41) is 3.86. The van der Waals surface area contributed by atoms with Crippen molar-refractivity contribution in [2.24, 2.45) is 5.92 Å². The van der Waals surface area contributed by atoms with Crippen LogP contribution in [0.2, 0.25) is 0 Å². The first kappa shape index (κ1) is 24.5. The van der Waals surface area contributed by atoms with E-state index in [1.54, 1.807) is 29.6 Å². The van der Waals surface area contributed by atoms with Crippen molar-refractivity contribution in [1.29, 1.82) is 0 Å². The van der Waals surface area contributed by atoms with E-state index in [1.165, 1.54) is 0 Å². The molecule has 36 heavy (non-hydrogen) atoms. The van der Waals surface area contributed by atoms with Gasteiger partial charge in [-0.1, -0.05) is 12.1 Å².